The molecule has 108 valence electrons. The molecule has 1 aliphatic rings. The number of carbonyl (C=O) groups is 2. The third-order valence-corrected chi connectivity index (χ3v) is 3.31. The maximum absolute atomic E-state index is 12.0. The van der Waals surface area contributed by atoms with Crippen molar-refractivity contribution in [2.24, 2.45) is 0 Å². The second kappa shape index (κ2) is 7.05. The van der Waals surface area contributed by atoms with Crippen molar-refractivity contribution in [3.63, 3.8) is 0 Å². The molecule has 0 spiro atoms. The minimum atomic E-state index is -0.125. The molecule has 20 heavy (non-hydrogen) atoms. The van der Waals surface area contributed by atoms with Gasteiger partial charge >= 0.3 is 0 Å². The molecule has 3 N–H and O–H groups in total. The van der Waals surface area contributed by atoms with Crippen LogP contribution in [0.4, 0.5) is 11.4 Å². The second-order valence-electron chi connectivity index (χ2n) is 5.16. The van der Waals surface area contributed by atoms with Gasteiger partial charge in [0.25, 0.3) is 0 Å². The molecule has 5 heteroatoms. The quantitative estimate of drug-likeness (QED) is 0.788. The lowest BCUT2D eigenvalue weighted by Crippen LogP contribution is -2.36. The zero-order valence-corrected chi connectivity index (χ0v) is 11.7. The van der Waals surface area contributed by atoms with Gasteiger partial charge in [-0.3, -0.25) is 9.59 Å². The number of amides is 2. The Morgan fingerprint density at radius 3 is 2.65 bits per heavy atom. The van der Waals surface area contributed by atoms with E-state index in [2.05, 4.69) is 16.0 Å². The molecule has 0 aliphatic carbocycles. The first kappa shape index (κ1) is 14.5. The molecule has 1 saturated heterocycles. The molecule has 2 amide bonds. The highest BCUT2D eigenvalue weighted by molar-refractivity contribution is 5.93. The Kier molecular flexibility index (Phi) is 5.12. The van der Waals surface area contributed by atoms with Crippen LogP contribution in [0.5, 0.6) is 0 Å². The SMILES string of the molecule is CC(=O)Nc1cccc(NC(=O)CC2CCCCN2)c1. The third-order valence-electron chi connectivity index (χ3n) is 3.31. The Bertz CT molecular complexity index is 482. The summed E-state index contributed by atoms with van der Waals surface area (Å²) >= 11 is 0. The smallest absolute Gasteiger partial charge is 0.225 e. The fourth-order valence-corrected chi connectivity index (χ4v) is 2.41. The van der Waals surface area contributed by atoms with E-state index in [4.69, 9.17) is 0 Å². The number of anilines is 2. The van der Waals surface area contributed by atoms with Crippen molar-refractivity contribution in [1.29, 1.82) is 0 Å². The van der Waals surface area contributed by atoms with E-state index in [-0.39, 0.29) is 17.9 Å². The van der Waals surface area contributed by atoms with Crippen LogP contribution in [0.1, 0.15) is 32.6 Å². The molecule has 5 nitrogen and oxygen atoms in total. The maximum atomic E-state index is 12.0. The first-order chi connectivity index (χ1) is 9.63. The molecule has 0 saturated carbocycles. The zero-order valence-electron chi connectivity index (χ0n) is 11.7. The summed E-state index contributed by atoms with van der Waals surface area (Å²) in [6.07, 6.45) is 3.92. The molecular formula is C15H21N3O2. The van der Waals surface area contributed by atoms with E-state index in [9.17, 15) is 9.59 Å². The standard InChI is InChI=1S/C15H21N3O2/c1-11(19)17-13-6-4-7-14(9-13)18-15(20)10-12-5-2-3-8-16-12/h4,6-7,9,12,16H,2-3,5,8,10H2,1H3,(H,17,19)(H,18,20). The molecule has 0 radical (unpaired) electrons. The summed E-state index contributed by atoms with van der Waals surface area (Å²) in [7, 11) is 0. The summed E-state index contributed by atoms with van der Waals surface area (Å²) < 4.78 is 0. The predicted molar refractivity (Wildman–Crippen MR) is 79.6 cm³/mol. The van der Waals surface area contributed by atoms with Gasteiger partial charge in [0.2, 0.25) is 11.8 Å². The molecule has 0 bridgehead atoms. The van der Waals surface area contributed by atoms with E-state index >= 15 is 0 Å². The van der Waals surface area contributed by atoms with Gasteiger partial charge in [-0.2, -0.15) is 0 Å². The minimum Gasteiger partial charge on any atom is -0.326 e. The molecule has 2 rings (SSSR count). The highest BCUT2D eigenvalue weighted by Crippen LogP contribution is 2.16. The van der Waals surface area contributed by atoms with Crippen molar-refractivity contribution in [3.05, 3.63) is 24.3 Å². The van der Waals surface area contributed by atoms with Crippen LogP contribution in [0.2, 0.25) is 0 Å². The van der Waals surface area contributed by atoms with Gasteiger partial charge in [0.15, 0.2) is 0 Å². The summed E-state index contributed by atoms with van der Waals surface area (Å²) in [5, 5.41) is 8.93. The Hall–Kier alpha value is -1.88. The van der Waals surface area contributed by atoms with Gasteiger partial charge < -0.3 is 16.0 Å². The zero-order chi connectivity index (χ0) is 14.4. The minimum absolute atomic E-state index is 0.00405. The number of carbonyl (C=O) groups excluding carboxylic acids is 2. The van der Waals surface area contributed by atoms with Crippen LogP contribution in [-0.2, 0) is 9.59 Å². The topological polar surface area (TPSA) is 70.2 Å². The number of benzene rings is 1. The van der Waals surface area contributed by atoms with E-state index in [1.165, 1.54) is 19.8 Å². The average molecular weight is 275 g/mol. The second-order valence-corrected chi connectivity index (χ2v) is 5.16. The van der Waals surface area contributed by atoms with E-state index in [0.29, 0.717) is 17.8 Å². The summed E-state index contributed by atoms with van der Waals surface area (Å²) in [5.74, 6) is -0.121. The number of rotatable bonds is 4. The van der Waals surface area contributed by atoms with Crippen LogP contribution in [0.3, 0.4) is 0 Å². The highest BCUT2D eigenvalue weighted by atomic mass is 16.2. The normalized spacial score (nSPS) is 18.4. The lowest BCUT2D eigenvalue weighted by Gasteiger charge is -2.22. The van der Waals surface area contributed by atoms with Gasteiger partial charge in [-0.15, -0.1) is 0 Å². The Balaban J connectivity index is 1.88. The van der Waals surface area contributed by atoms with Crippen molar-refractivity contribution in [1.82, 2.24) is 5.32 Å². The van der Waals surface area contributed by atoms with Gasteiger partial charge in [0, 0.05) is 30.8 Å². The fraction of sp³-hybridized carbons (Fsp3) is 0.467. The van der Waals surface area contributed by atoms with Crippen molar-refractivity contribution in [3.8, 4) is 0 Å². The number of nitrogens with one attached hydrogen (secondary N) is 3. The number of piperidine rings is 1. The molecule has 1 aliphatic heterocycles. The van der Waals surface area contributed by atoms with Gasteiger partial charge in [-0.1, -0.05) is 12.5 Å². The average Bonchev–Trinajstić information content (AvgIpc) is 2.39. The van der Waals surface area contributed by atoms with Crippen molar-refractivity contribution >= 4 is 23.2 Å². The molecule has 0 aromatic heterocycles. The van der Waals surface area contributed by atoms with Crippen molar-refractivity contribution in [2.45, 2.75) is 38.6 Å². The van der Waals surface area contributed by atoms with E-state index in [1.807, 2.05) is 6.07 Å². The molecule has 1 aromatic rings. The highest BCUT2D eigenvalue weighted by Gasteiger charge is 2.16. The van der Waals surface area contributed by atoms with Gasteiger partial charge in [0.1, 0.15) is 0 Å². The van der Waals surface area contributed by atoms with Gasteiger partial charge in [-0.25, -0.2) is 0 Å². The number of hydrogen-bond acceptors (Lipinski definition) is 3. The summed E-state index contributed by atoms with van der Waals surface area (Å²) in [5.41, 5.74) is 1.39. The van der Waals surface area contributed by atoms with Crippen molar-refractivity contribution in [2.75, 3.05) is 17.2 Å². The van der Waals surface area contributed by atoms with Crippen molar-refractivity contribution < 1.29 is 9.59 Å². The lowest BCUT2D eigenvalue weighted by molar-refractivity contribution is -0.117. The third kappa shape index (κ3) is 4.66. The summed E-state index contributed by atoms with van der Waals surface area (Å²) in [6.45, 7) is 2.45. The number of hydrogen-bond donors (Lipinski definition) is 3. The largest absolute Gasteiger partial charge is 0.326 e. The molecule has 1 aromatic carbocycles. The van der Waals surface area contributed by atoms with Gasteiger partial charge in [0.05, 0.1) is 0 Å². The van der Waals surface area contributed by atoms with Crippen LogP contribution in [-0.4, -0.2) is 24.4 Å². The first-order valence-electron chi connectivity index (χ1n) is 7.04. The van der Waals surface area contributed by atoms with Crippen LogP contribution in [0.15, 0.2) is 24.3 Å². The Morgan fingerprint density at radius 2 is 2.00 bits per heavy atom. The molecule has 1 heterocycles. The lowest BCUT2D eigenvalue weighted by atomic mass is 10.0. The van der Waals surface area contributed by atoms with Crippen LogP contribution in [0.25, 0.3) is 0 Å². The Labute approximate surface area is 119 Å². The predicted octanol–water partition coefficient (Wildman–Crippen LogP) is 2.12. The van der Waals surface area contributed by atoms with E-state index in [1.54, 1.807) is 18.2 Å². The molecular weight excluding hydrogens is 254 g/mol. The van der Waals surface area contributed by atoms with Crippen LogP contribution >= 0.6 is 0 Å². The molecule has 1 atom stereocenters. The fourth-order valence-electron chi connectivity index (χ4n) is 2.41. The van der Waals surface area contributed by atoms with Gasteiger partial charge in [-0.05, 0) is 37.6 Å². The van der Waals surface area contributed by atoms with E-state index in [0.717, 1.165) is 13.0 Å². The first-order valence-corrected chi connectivity index (χ1v) is 7.04. The van der Waals surface area contributed by atoms with E-state index < -0.39 is 0 Å². The van der Waals surface area contributed by atoms with Crippen LogP contribution < -0.4 is 16.0 Å². The van der Waals surface area contributed by atoms with Crippen LogP contribution in [0, 0.1) is 0 Å². The molecule has 1 unspecified atom stereocenters. The summed E-state index contributed by atoms with van der Waals surface area (Å²) in [4.78, 5) is 23.0. The summed E-state index contributed by atoms with van der Waals surface area (Å²) in [6, 6.07) is 7.45. The monoisotopic (exact) mass is 275 g/mol. The maximum Gasteiger partial charge on any atom is 0.225 e. The Morgan fingerprint density at radius 1 is 1.25 bits per heavy atom. The molecule has 1 fully saturated rings.